The molecular formula is C13H18FNO. The molecule has 0 bridgehead atoms. The molecule has 0 radical (unpaired) electrons. The first-order valence-corrected chi connectivity index (χ1v) is 5.85. The molecule has 0 spiro atoms. The number of hydrogen-bond donors (Lipinski definition) is 2. The van der Waals surface area contributed by atoms with Gasteiger partial charge in [-0.3, -0.25) is 0 Å². The number of hydrogen-bond acceptors (Lipinski definition) is 2. The Morgan fingerprint density at radius 2 is 2.06 bits per heavy atom. The van der Waals surface area contributed by atoms with Crippen LogP contribution in [0.15, 0.2) is 12.1 Å². The Labute approximate surface area is 95.5 Å². The molecule has 0 unspecified atom stereocenters. The molecule has 1 heterocycles. The van der Waals surface area contributed by atoms with Gasteiger partial charge in [0.2, 0.25) is 0 Å². The first kappa shape index (κ1) is 11.4. The molecule has 1 fully saturated rings. The summed E-state index contributed by atoms with van der Waals surface area (Å²) in [5.41, 5.74) is 1.25. The Morgan fingerprint density at radius 1 is 1.38 bits per heavy atom. The smallest absolute Gasteiger partial charge is 0.126 e. The first-order valence-electron chi connectivity index (χ1n) is 5.85. The van der Waals surface area contributed by atoms with E-state index in [1.54, 1.807) is 13.0 Å². The number of nitrogens with one attached hydrogen (secondary N) is 1. The van der Waals surface area contributed by atoms with Crippen LogP contribution in [0.1, 0.15) is 24.0 Å². The largest absolute Gasteiger partial charge is 0.508 e. The van der Waals surface area contributed by atoms with Gasteiger partial charge in [0.15, 0.2) is 0 Å². The average Bonchev–Trinajstić information content (AvgIpc) is 2.27. The van der Waals surface area contributed by atoms with Crippen molar-refractivity contribution in [2.75, 3.05) is 13.1 Å². The molecule has 16 heavy (non-hydrogen) atoms. The van der Waals surface area contributed by atoms with Crippen LogP contribution in [0.2, 0.25) is 0 Å². The Bertz CT molecular complexity index is 372. The number of rotatable bonds is 2. The van der Waals surface area contributed by atoms with Crippen molar-refractivity contribution in [2.45, 2.75) is 26.2 Å². The maximum absolute atomic E-state index is 13.7. The molecule has 2 N–H and O–H groups in total. The molecule has 0 aliphatic carbocycles. The van der Waals surface area contributed by atoms with Gasteiger partial charge in [-0.15, -0.1) is 0 Å². The van der Waals surface area contributed by atoms with Crippen molar-refractivity contribution >= 4 is 0 Å². The zero-order chi connectivity index (χ0) is 11.5. The van der Waals surface area contributed by atoms with E-state index in [1.165, 1.54) is 6.07 Å². The van der Waals surface area contributed by atoms with Gasteiger partial charge in [0.25, 0.3) is 0 Å². The molecule has 2 rings (SSSR count). The van der Waals surface area contributed by atoms with Crippen LogP contribution in [-0.2, 0) is 6.42 Å². The van der Waals surface area contributed by atoms with Crippen LogP contribution in [0.5, 0.6) is 5.75 Å². The highest BCUT2D eigenvalue weighted by Gasteiger charge is 2.16. The fourth-order valence-electron chi connectivity index (χ4n) is 2.26. The lowest BCUT2D eigenvalue weighted by atomic mass is 9.90. The molecular weight excluding hydrogens is 205 g/mol. The van der Waals surface area contributed by atoms with Crippen LogP contribution in [0.4, 0.5) is 4.39 Å². The van der Waals surface area contributed by atoms with Gasteiger partial charge in [0, 0.05) is 0 Å². The molecule has 88 valence electrons. The van der Waals surface area contributed by atoms with Crippen molar-refractivity contribution in [3.05, 3.63) is 29.1 Å². The monoisotopic (exact) mass is 223 g/mol. The third-order valence-corrected chi connectivity index (χ3v) is 3.33. The third kappa shape index (κ3) is 2.53. The topological polar surface area (TPSA) is 32.3 Å². The Hall–Kier alpha value is -1.09. The van der Waals surface area contributed by atoms with Crippen LogP contribution in [0.25, 0.3) is 0 Å². The number of halogens is 1. The molecule has 1 aliphatic rings. The molecule has 1 aliphatic heterocycles. The van der Waals surface area contributed by atoms with Gasteiger partial charge >= 0.3 is 0 Å². The molecule has 0 aromatic heterocycles. The molecule has 2 nitrogen and oxygen atoms in total. The van der Waals surface area contributed by atoms with E-state index in [0.717, 1.165) is 32.4 Å². The second-order valence-corrected chi connectivity index (χ2v) is 4.63. The van der Waals surface area contributed by atoms with Gasteiger partial charge in [0.05, 0.1) is 0 Å². The van der Waals surface area contributed by atoms with Gasteiger partial charge in [-0.1, -0.05) is 0 Å². The van der Waals surface area contributed by atoms with E-state index >= 15 is 0 Å². The molecule has 0 amide bonds. The lowest BCUT2D eigenvalue weighted by Gasteiger charge is -2.22. The summed E-state index contributed by atoms with van der Waals surface area (Å²) in [6.07, 6.45) is 2.92. The Morgan fingerprint density at radius 3 is 2.75 bits per heavy atom. The third-order valence-electron chi connectivity index (χ3n) is 3.33. The van der Waals surface area contributed by atoms with E-state index in [0.29, 0.717) is 17.0 Å². The molecule has 3 heteroatoms. The molecule has 0 atom stereocenters. The SMILES string of the molecule is Cc1cc(F)c(CC2CCNCC2)cc1O. The number of phenols is 1. The summed E-state index contributed by atoms with van der Waals surface area (Å²) in [7, 11) is 0. The van der Waals surface area contributed by atoms with Gasteiger partial charge < -0.3 is 10.4 Å². The standard InChI is InChI=1S/C13H18FNO/c1-9-6-12(14)11(8-13(9)16)7-10-2-4-15-5-3-10/h6,8,10,15-16H,2-5,7H2,1H3. The molecule has 1 aromatic carbocycles. The number of benzene rings is 1. The summed E-state index contributed by atoms with van der Waals surface area (Å²) in [5.74, 6) is 0.553. The highest BCUT2D eigenvalue weighted by Crippen LogP contribution is 2.25. The maximum Gasteiger partial charge on any atom is 0.126 e. The van der Waals surface area contributed by atoms with Crippen LogP contribution in [0.3, 0.4) is 0 Å². The summed E-state index contributed by atoms with van der Waals surface area (Å²) in [5, 5.41) is 12.9. The highest BCUT2D eigenvalue weighted by atomic mass is 19.1. The van der Waals surface area contributed by atoms with E-state index in [1.807, 2.05) is 0 Å². The zero-order valence-corrected chi connectivity index (χ0v) is 9.59. The maximum atomic E-state index is 13.7. The van der Waals surface area contributed by atoms with Gasteiger partial charge in [-0.2, -0.15) is 0 Å². The molecule has 0 saturated carbocycles. The molecule has 1 aromatic rings. The van der Waals surface area contributed by atoms with Gasteiger partial charge in [-0.25, -0.2) is 4.39 Å². The van der Waals surface area contributed by atoms with E-state index in [2.05, 4.69) is 5.32 Å². The van der Waals surface area contributed by atoms with Crippen molar-refractivity contribution in [1.82, 2.24) is 5.32 Å². The number of aromatic hydroxyl groups is 1. The Kier molecular flexibility index (Phi) is 3.44. The first-order chi connectivity index (χ1) is 7.66. The minimum Gasteiger partial charge on any atom is -0.508 e. The predicted molar refractivity (Wildman–Crippen MR) is 62.1 cm³/mol. The van der Waals surface area contributed by atoms with Crippen LogP contribution >= 0.6 is 0 Å². The van der Waals surface area contributed by atoms with Crippen molar-refractivity contribution in [2.24, 2.45) is 5.92 Å². The number of phenolic OH excluding ortho intramolecular Hbond substituents is 1. The summed E-state index contributed by atoms with van der Waals surface area (Å²) in [6, 6.07) is 3.00. The van der Waals surface area contributed by atoms with E-state index in [9.17, 15) is 9.50 Å². The fourth-order valence-corrected chi connectivity index (χ4v) is 2.26. The number of aryl methyl sites for hydroxylation is 1. The quantitative estimate of drug-likeness (QED) is 0.806. The highest BCUT2D eigenvalue weighted by molar-refractivity contribution is 5.36. The second kappa shape index (κ2) is 4.83. The lowest BCUT2D eigenvalue weighted by molar-refractivity contribution is 0.367. The van der Waals surface area contributed by atoms with Gasteiger partial charge in [-0.05, 0) is 68.5 Å². The molecule has 1 saturated heterocycles. The average molecular weight is 223 g/mol. The zero-order valence-electron chi connectivity index (χ0n) is 9.59. The summed E-state index contributed by atoms with van der Waals surface area (Å²) in [6.45, 7) is 3.75. The lowest BCUT2D eigenvalue weighted by Crippen LogP contribution is -2.28. The second-order valence-electron chi connectivity index (χ2n) is 4.63. The number of piperidine rings is 1. The van der Waals surface area contributed by atoms with Gasteiger partial charge in [0.1, 0.15) is 11.6 Å². The van der Waals surface area contributed by atoms with Crippen molar-refractivity contribution in [3.63, 3.8) is 0 Å². The summed E-state index contributed by atoms with van der Waals surface area (Å²) >= 11 is 0. The normalized spacial score (nSPS) is 17.6. The van der Waals surface area contributed by atoms with E-state index in [-0.39, 0.29) is 11.6 Å². The van der Waals surface area contributed by atoms with Crippen molar-refractivity contribution in [1.29, 1.82) is 0 Å². The summed E-state index contributed by atoms with van der Waals surface area (Å²) in [4.78, 5) is 0. The Balaban J connectivity index is 2.11. The minimum absolute atomic E-state index is 0.186. The van der Waals surface area contributed by atoms with Crippen molar-refractivity contribution < 1.29 is 9.50 Å². The van der Waals surface area contributed by atoms with E-state index in [4.69, 9.17) is 0 Å². The van der Waals surface area contributed by atoms with Crippen LogP contribution in [0, 0.1) is 18.7 Å². The summed E-state index contributed by atoms with van der Waals surface area (Å²) < 4.78 is 13.7. The van der Waals surface area contributed by atoms with Crippen molar-refractivity contribution in [3.8, 4) is 5.75 Å². The van der Waals surface area contributed by atoms with Crippen LogP contribution in [-0.4, -0.2) is 18.2 Å². The fraction of sp³-hybridized carbons (Fsp3) is 0.538. The van der Waals surface area contributed by atoms with E-state index < -0.39 is 0 Å². The predicted octanol–water partition coefficient (Wildman–Crippen LogP) is 2.38. The van der Waals surface area contributed by atoms with Crippen LogP contribution < -0.4 is 5.32 Å². The minimum atomic E-state index is -0.186.